The Kier molecular flexibility index (Phi) is 10.3. The quantitative estimate of drug-likeness (QED) is 0.493. The van der Waals surface area contributed by atoms with Gasteiger partial charge >= 0.3 is 5.97 Å². The molecule has 0 saturated carbocycles. The van der Waals surface area contributed by atoms with Gasteiger partial charge in [-0.05, 0) is 13.8 Å². The average Bonchev–Trinajstić information content (AvgIpc) is 2.03. The minimum atomic E-state index is -0.879. The fraction of sp³-hybridized carbons (Fsp3) is 0.444. The molecule has 64 valence electrons. The summed E-state index contributed by atoms with van der Waals surface area (Å²) < 4.78 is 0. The van der Waals surface area contributed by atoms with Crippen molar-refractivity contribution in [2.24, 2.45) is 0 Å². The fourth-order valence-electron chi connectivity index (χ4n) is 0.471. The summed E-state index contributed by atoms with van der Waals surface area (Å²) in [5.74, 6) is -0.879. The first-order valence-electron chi connectivity index (χ1n) is 3.74. The largest absolute Gasteiger partial charge is 0.478 e. The first-order valence-corrected chi connectivity index (χ1v) is 3.74. The van der Waals surface area contributed by atoms with Gasteiger partial charge in [0, 0.05) is 0 Å². The van der Waals surface area contributed by atoms with Gasteiger partial charge in [-0.1, -0.05) is 32.1 Å². The van der Waals surface area contributed by atoms with Crippen molar-refractivity contribution in [1.29, 1.82) is 0 Å². The van der Waals surface area contributed by atoms with Crippen LogP contribution in [0, 0.1) is 0 Å². The van der Waals surface area contributed by atoms with Gasteiger partial charge in [-0.25, -0.2) is 4.79 Å². The van der Waals surface area contributed by atoms with E-state index < -0.39 is 5.97 Å². The molecule has 0 unspecified atom stereocenters. The molecule has 0 heterocycles. The molecule has 0 aromatic heterocycles. The Hall–Kier alpha value is -1.05. The van der Waals surface area contributed by atoms with Crippen molar-refractivity contribution in [3.8, 4) is 0 Å². The zero-order chi connectivity index (χ0) is 9.28. The van der Waals surface area contributed by atoms with Gasteiger partial charge in [-0.3, -0.25) is 0 Å². The van der Waals surface area contributed by atoms with E-state index in [1.165, 1.54) is 0 Å². The number of rotatable bonds is 2. The van der Waals surface area contributed by atoms with Gasteiger partial charge in [0.25, 0.3) is 0 Å². The summed E-state index contributed by atoms with van der Waals surface area (Å²) in [6.07, 6.45) is 4.81. The molecule has 0 amide bonds. The summed E-state index contributed by atoms with van der Waals surface area (Å²) in [5.41, 5.74) is 0.331. The minimum absolute atomic E-state index is 0.331. The van der Waals surface area contributed by atoms with Gasteiger partial charge in [-0.15, -0.1) is 0 Å². The van der Waals surface area contributed by atoms with E-state index in [1.54, 1.807) is 32.1 Å². The maximum absolute atomic E-state index is 10.2. The summed E-state index contributed by atoms with van der Waals surface area (Å²) in [7, 11) is 0. The monoisotopic (exact) mass is 156 g/mol. The molecule has 0 atom stereocenters. The standard InChI is InChI=1S/C7H10O2.C2H6/c1-3-5-6(4-2)7(8)9;1-2/h3-5H,1-2H3,(H,8,9);1-2H3/b5-3-,6-4+;. The van der Waals surface area contributed by atoms with E-state index >= 15 is 0 Å². The predicted octanol–water partition coefficient (Wildman–Crippen LogP) is 2.62. The number of allylic oxidation sites excluding steroid dienone is 2. The van der Waals surface area contributed by atoms with Gasteiger partial charge in [0.2, 0.25) is 0 Å². The van der Waals surface area contributed by atoms with Crippen LogP contribution >= 0.6 is 0 Å². The Balaban J connectivity index is 0. The predicted molar refractivity (Wildman–Crippen MR) is 47.6 cm³/mol. The lowest BCUT2D eigenvalue weighted by Crippen LogP contribution is -1.95. The molecule has 0 saturated heterocycles. The zero-order valence-electron chi connectivity index (χ0n) is 7.59. The molecule has 11 heavy (non-hydrogen) atoms. The lowest BCUT2D eigenvalue weighted by atomic mass is 10.2. The van der Waals surface area contributed by atoms with Crippen LogP contribution in [0.15, 0.2) is 23.8 Å². The average molecular weight is 156 g/mol. The Morgan fingerprint density at radius 2 is 1.73 bits per heavy atom. The third-order valence-corrected chi connectivity index (χ3v) is 0.904. The summed E-state index contributed by atoms with van der Waals surface area (Å²) in [6, 6.07) is 0. The number of aliphatic carboxylic acids is 1. The van der Waals surface area contributed by atoms with E-state index in [4.69, 9.17) is 5.11 Å². The third-order valence-electron chi connectivity index (χ3n) is 0.904. The molecule has 0 aromatic carbocycles. The number of hydrogen-bond donors (Lipinski definition) is 1. The van der Waals surface area contributed by atoms with Gasteiger partial charge in [-0.2, -0.15) is 0 Å². The molecule has 0 aliphatic heterocycles. The van der Waals surface area contributed by atoms with Crippen LogP contribution in [0.3, 0.4) is 0 Å². The van der Waals surface area contributed by atoms with Gasteiger partial charge in [0.05, 0.1) is 5.57 Å². The highest BCUT2D eigenvalue weighted by atomic mass is 16.4. The minimum Gasteiger partial charge on any atom is -0.478 e. The van der Waals surface area contributed by atoms with Crippen molar-refractivity contribution < 1.29 is 9.90 Å². The number of carboxylic acid groups (broad SMARTS) is 1. The number of carbonyl (C=O) groups is 1. The zero-order valence-corrected chi connectivity index (χ0v) is 7.59. The summed E-state index contributed by atoms with van der Waals surface area (Å²) in [5, 5.41) is 8.38. The highest BCUT2D eigenvalue weighted by Gasteiger charge is 1.97. The molecule has 0 fully saturated rings. The molecule has 0 bridgehead atoms. The second kappa shape index (κ2) is 8.95. The van der Waals surface area contributed by atoms with E-state index in [2.05, 4.69) is 0 Å². The number of carboxylic acids is 1. The topological polar surface area (TPSA) is 37.3 Å². The van der Waals surface area contributed by atoms with Crippen molar-refractivity contribution in [3.05, 3.63) is 23.8 Å². The summed E-state index contributed by atoms with van der Waals surface area (Å²) >= 11 is 0. The Bertz CT molecular complexity index is 155. The molecular formula is C9H16O2. The van der Waals surface area contributed by atoms with Crippen molar-refractivity contribution >= 4 is 5.97 Å². The van der Waals surface area contributed by atoms with Gasteiger partial charge in [0.15, 0.2) is 0 Å². The van der Waals surface area contributed by atoms with Crippen molar-refractivity contribution in [2.45, 2.75) is 27.7 Å². The molecule has 0 aliphatic carbocycles. The van der Waals surface area contributed by atoms with Crippen molar-refractivity contribution in [1.82, 2.24) is 0 Å². The molecule has 2 nitrogen and oxygen atoms in total. The van der Waals surface area contributed by atoms with Crippen LogP contribution in [-0.4, -0.2) is 11.1 Å². The van der Waals surface area contributed by atoms with E-state index in [0.29, 0.717) is 5.57 Å². The SMILES string of the molecule is C/C=C\C(=C/C)C(=O)O.CC. The molecule has 0 aliphatic rings. The van der Waals surface area contributed by atoms with Gasteiger partial charge in [0.1, 0.15) is 0 Å². The second-order valence-electron chi connectivity index (χ2n) is 1.55. The maximum atomic E-state index is 10.2. The molecule has 0 aromatic rings. The van der Waals surface area contributed by atoms with E-state index in [-0.39, 0.29) is 0 Å². The lowest BCUT2D eigenvalue weighted by Gasteiger charge is -1.88. The Morgan fingerprint density at radius 3 is 1.82 bits per heavy atom. The molecule has 0 radical (unpaired) electrons. The molecule has 0 rings (SSSR count). The van der Waals surface area contributed by atoms with Crippen LogP contribution in [-0.2, 0) is 4.79 Å². The molecule has 1 N–H and O–H groups in total. The molecule has 0 spiro atoms. The highest BCUT2D eigenvalue weighted by molar-refractivity contribution is 5.89. The van der Waals surface area contributed by atoms with Crippen molar-refractivity contribution in [3.63, 3.8) is 0 Å². The Morgan fingerprint density at radius 1 is 1.27 bits per heavy atom. The van der Waals surface area contributed by atoms with Crippen LogP contribution in [0.4, 0.5) is 0 Å². The van der Waals surface area contributed by atoms with E-state index in [0.717, 1.165) is 0 Å². The van der Waals surface area contributed by atoms with Crippen LogP contribution in [0.1, 0.15) is 27.7 Å². The molecular weight excluding hydrogens is 140 g/mol. The number of hydrogen-bond acceptors (Lipinski definition) is 1. The third kappa shape index (κ3) is 6.84. The molecule has 2 heteroatoms. The normalized spacial score (nSPS) is 10.7. The fourth-order valence-corrected chi connectivity index (χ4v) is 0.471. The second-order valence-corrected chi connectivity index (χ2v) is 1.55. The highest BCUT2D eigenvalue weighted by Crippen LogP contribution is 1.94. The van der Waals surface area contributed by atoms with Gasteiger partial charge < -0.3 is 5.11 Å². The van der Waals surface area contributed by atoms with Crippen LogP contribution < -0.4 is 0 Å². The van der Waals surface area contributed by atoms with Crippen molar-refractivity contribution in [2.75, 3.05) is 0 Å². The van der Waals surface area contributed by atoms with E-state index in [1.807, 2.05) is 13.8 Å². The first kappa shape index (κ1) is 12.6. The van der Waals surface area contributed by atoms with Crippen LogP contribution in [0.2, 0.25) is 0 Å². The lowest BCUT2D eigenvalue weighted by molar-refractivity contribution is -0.132. The Labute approximate surface area is 68.2 Å². The maximum Gasteiger partial charge on any atom is 0.335 e. The van der Waals surface area contributed by atoms with Crippen LogP contribution in [0.5, 0.6) is 0 Å². The van der Waals surface area contributed by atoms with E-state index in [9.17, 15) is 4.79 Å². The first-order chi connectivity index (χ1) is 5.22. The smallest absolute Gasteiger partial charge is 0.335 e. The summed E-state index contributed by atoms with van der Waals surface area (Å²) in [6.45, 7) is 7.48. The summed E-state index contributed by atoms with van der Waals surface area (Å²) in [4.78, 5) is 10.2. The van der Waals surface area contributed by atoms with Crippen LogP contribution in [0.25, 0.3) is 0 Å².